The Kier molecular flexibility index (Phi) is 7.32. The maximum atomic E-state index is 13.6. The monoisotopic (exact) mass is 471 g/mol. The Hall–Kier alpha value is -2.40. The van der Waals surface area contributed by atoms with E-state index in [1.807, 2.05) is 24.3 Å². The number of hydrogen-bond acceptors (Lipinski definition) is 1. The molecule has 0 saturated heterocycles. The normalized spacial score (nSPS) is 17.2. The number of nitrogens with zero attached hydrogens (tertiary/aromatic N) is 1. The summed E-state index contributed by atoms with van der Waals surface area (Å²) in [5.74, 6) is 0. The maximum Gasteiger partial charge on any atom is 0.416 e. The first-order valence-corrected chi connectivity index (χ1v) is 12.3. The van der Waals surface area contributed by atoms with E-state index in [1.165, 1.54) is 32.1 Å². The summed E-state index contributed by atoms with van der Waals surface area (Å²) in [7, 11) is 0. The van der Waals surface area contributed by atoms with Gasteiger partial charge in [-0.1, -0.05) is 50.1 Å². The third kappa shape index (κ3) is 5.00. The summed E-state index contributed by atoms with van der Waals surface area (Å²) in [6.45, 7) is 8.57. The van der Waals surface area contributed by atoms with E-state index < -0.39 is 18.4 Å². The van der Waals surface area contributed by atoms with Gasteiger partial charge in [0.1, 0.15) is 6.67 Å². The van der Waals surface area contributed by atoms with Crippen LogP contribution in [-0.2, 0) is 12.9 Å². The highest BCUT2D eigenvalue weighted by Crippen LogP contribution is 2.48. The number of fused-ring (bicyclic) bond motifs is 1. The van der Waals surface area contributed by atoms with Crippen molar-refractivity contribution in [2.24, 2.45) is 0 Å². The molecule has 2 aliphatic rings. The second kappa shape index (κ2) is 10.1. The van der Waals surface area contributed by atoms with E-state index in [0.717, 1.165) is 35.4 Å². The van der Waals surface area contributed by atoms with E-state index in [9.17, 15) is 17.6 Å². The van der Waals surface area contributed by atoms with Crippen LogP contribution < -0.4 is 0 Å². The van der Waals surface area contributed by atoms with Crippen LogP contribution in [0.1, 0.15) is 80.2 Å². The van der Waals surface area contributed by atoms with Crippen molar-refractivity contribution in [3.05, 3.63) is 76.9 Å². The quantitative estimate of drug-likeness (QED) is 0.366. The highest BCUT2D eigenvalue weighted by atomic mass is 19.4. The molecule has 1 fully saturated rings. The molecule has 1 saturated carbocycles. The molecule has 0 spiro atoms. The molecule has 0 aliphatic heterocycles. The summed E-state index contributed by atoms with van der Waals surface area (Å²) < 4.78 is 54.4. The molecule has 2 aromatic carbocycles. The Morgan fingerprint density at radius 2 is 1.68 bits per heavy atom. The van der Waals surface area contributed by atoms with Gasteiger partial charge in [-0.2, -0.15) is 13.2 Å². The van der Waals surface area contributed by atoms with Crippen LogP contribution in [0, 0.1) is 0 Å². The van der Waals surface area contributed by atoms with Gasteiger partial charge >= 0.3 is 6.18 Å². The average molecular weight is 472 g/mol. The summed E-state index contributed by atoms with van der Waals surface area (Å²) in [4.78, 5) is 2.55. The predicted molar refractivity (Wildman–Crippen MR) is 132 cm³/mol. The first-order valence-electron chi connectivity index (χ1n) is 12.3. The minimum Gasteiger partial charge on any atom is -0.298 e. The van der Waals surface area contributed by atoms with Gasteiger partial charge in [0, 0.05) is 18.6 Å². The zero-order valence-electron chi connectivity index (χ0n) is 20.0. The van der Waals surface area contributed by atoms with Gasteiger partial charge in [-0.05, 0) is 90.3 Å². The summed E-state index contributed by atoms with van der Waals surface area (Å²) in [6.07, 6.45) is 2.35. The predicted octanol–water partition coefficient (Wildman–Crippen LogP) is 8.55. The van der Waals surface area contributed by atoms with Gasteiger partial charge in [0.25, 0.3) is 0 Å². The molecule has 34 heavy (non-hydrogen) atoms. The SMILES string of the molecule is C=C1C(c2cc(CF)cc(C(F)(F)F)c2)=C(CCN(C(C)C)C2CCCCC2)c2ccccc21. The highest BCUT2D eigenvalue weighted by Gasteiger charge is 2.33. The lowest BCUT2D eigenvalue weighted by molar-refractivity contribution is -0.137. The smallest absolute Gasteiger partial charge is 0.298 e. The van der Waals surface area contributed by atoms with Crippen molar-refractivity contribution in [1.29, 1.82) is 0 Å². The van der Waals surface area contributed by atoms with Gasteiger partial charge in [0.05, 0.1) is 5.56 Å². The van der Waals surface area contributed by atoms with Gasteiger partial charge < -0.3 is 0 Å². The van der Waals surface area contributed by atoms with Crippen LogP contribution in [0.25, 0.3) is 16.7 Å². The lowest BCUT2D eigenvalue weighted by Gasteiger charge is -2.37. The second-order valence-corrected chi connectivity index (χ2v) is 9.80. The number of hydrogen-bond donors (Lipinski definition) is 0. The summed E-state index contributed by atoms with van der Waals surface area (Å²) >= 11 is 0. The van der Waals surface area contributed by atoms with Crippen molar-refractivity contribution < 1.29 is 17.6 Å². The van der Waals surface area contributed by atoms with Crippen LogP contribution in [0.15, 0.2) is 49.0 Å². The molecule has 5 heteroatoms. The van der Waals surface area contributed by atoms with Crippen molar-refractivity contribution in [3.63, 3.8) is 0 Å². The second-order valence-electron chi connectivity index (χ2n) is 9.80. The van der Waals surface area contributed by atoms with Gasteiger partial charge in [-0.3, -0.25) is 4.90 Å². The van der Waals surface area contributed by atoms with Gasteiger partial charge in [-0.25, -0.2) is 4.39 Å². The Morgan fingerprint density at radius 1 is 1.00 bits per heavy atom. The molecule has 0 radical (unpaired) electrons. The molecule has 0 heterocycles. The lowest BCUT2D eigenvalue weighted by atomic mass is 9.91. The molecule has 2 aromatic rings. The fraction of sp³-hybridized carbons (Fsp3) is 0.448. The van der Waals surface area contributed by atoms with Crippen molar-refractivity contribution in [2.45, 2.75) is 77.3 Å². The minimum atomic E-state index is -4.54. The Labute approximate surface area is 200 Å². The number of benzene rings is 2. The van der Waals surface area contributed by atoms with Gasteiger partial charge in [-0.15, -0.1) is 0 Å². The molecule has 0 amide bonds. The fourth-order valence-electron chi connectivity index (χ4n) is 5.66. The zero-order valence-corrected chi connectivity index (χ0v) is 20.0. The molecule has 0 bridgehead atoms. The van der Waals surface area contributed by atoms with Crippen molar-refractivity contribution in [3.8, 4) is 0 Å². The van der Waals surface area contributed by atoms with E-state index >= 15 is 0 Å². The molecule has 0 N–H and O–H groups in total. The van der Waals surface area contributed by atoms with Crippen LogP contribution in [0.4, 0.5) is 17.6 Å². The Bertz CT molecular complexity index is 1070. The number of halogens is 4. The molecular weight excluding hydrogens is 438 g/mol. The van der Waals surface area contributed by atoms with E-state index in [-0.39, 0.29) is 5.56 Å². The average Bonchev–Trinajstić information content (AvgIpc) is 3.10. The molecule has 182 valence electrons. The van der Waals surface area contributed by atoms with E-state index in [2.05, 4.69) is 25.3 Å². The number of rotatable bonds is 7. The van der Waals surface area contributed by atoms with E-state index in [1.54, 1.807) is 6.07 Å². The molecule has 4 rings (SSSR count). The highest BCUT2D eigenvalue weighted by molar-refractivity contribution is 6.20. The van der Waals surface area contributed by atoms with Crippen LogP contribution in [-0.4, -0.2) is 23.5 Å². The van der Waals surface area contributed by atoms with Crippen molar-refractivity contribution in [1.82, 2.24) is 4.90 Å². The maximum absolute atomic E-state index is 13.6. The van der Waals surface area contributed by atoms with E-state index in [0.29, 0.717) is 35.2 Å². The molecule has 2 aliphatic carbocycles. The van der Waals surface area contributed by atoms with Crippen LogP contribution in [0.5, 0.6) is 0 Å². The zero-order chi connectivity index (χ0) is 24.5. The Morgan fingerprint density at radius 3 is 2.29 bits per heavy atom. The standard InChI is InChI=1S/C29H33F4N/c1-19(2)34(24-9-5-4-6-10-24)14-13-27-26-12-8-7-11-25(26)20(3)28(27)22-15-21(18-30)16-23(17-22)29(31,32)33/h7-8,11-12,15-17,19,24H,3-6,9-10,13-14,18H2,1-2H3. The first-order chi connectivity index (χ1) is 16.2. The summed E-state index contributed by atoms with van der Waals surface area (Å²) in [6, 6.07) is 12.4. The first kappa shape index (κ1) is 24.7. The Balaban J connectivity index is 1.76. The third-order valence-electron chi connectivity index (χ3n) is 7.27. The molecular formula is C29H33F4N. The number of alkyl halides is 4. The number of allylic oxidation sites excluding steroid dienone is 2. The largest absolute Gasteiger partial charge is 0.416 e. The van der Waals surface area contributed by atoms with Crippen molar-refractivity contribution in [2.75, 3.05) is 6.54 Å². The fourth-order valence-corrected chi connectivity index (χ4v) is 5.66. The molecule has 0 unspecified atom stereocenters. The van der Waals surface area contributed by atoms with Crippen LogP contribution >= 0.6 is 0 Å². The van der Waals surface area contributed by atoms with Gasteiger partial charge in [0.2, 0.25) is 0 Å². The van der Waals surface area contributed by atoms with Gasteiger partial charge in [0.15, 0.2) is 0 Å². The molecule has 1 nitrogen and oxygen atoms in total. The molecule has 0 aromatic heterocycles. The topological polar surface area (TPSA) is 3.24 Å². The summed E-state index contributed by atoms with van der Waals surface area (Å²) in [5, 5.41) is 0. The minimum absolute atomic E-state index is 0.0337. The van der Waals surface area contributed by atoms with Crippen LogP contribution in [0.3, 0.4) is 0 Å². The van der Waals surface area contributed by atoms with Crippen LogP contribution in [0.2, 0.25) is 0 Å². The van der Waals surface area contributed by atoms with Crippen molar-refractivity contribution >= 4 is 16.7 Å². The van der Waals surface area contributed by atoms with E-state index in [4.69, 9.17) is 0 Å². The lowest BCUT2D eigenvalue weighted by Crippen LogP contribution is -2.42. The summed E-state index contributed by atoms with van der Waals surface area (Å²) in [5.41, 5.74) is 4.01. The molecule has 0 atom stereocenters. The third-order valence-corrected chi connectivity index (χ3v) is 7.27.